The summed E-state index contributed by atoms with van der Waals surface area (Å²) in [4.78, 5) is 49.1. The summed E-state index contributed by atoms with van der Waals surface area (Å²) in [5, 5.41) is 15.8. The van der Waals surface area contributed by atoms with E-state index in [1.165, 1.54) is 0 Å². The number of amides is 2. The number of fused-ring (bicyclic) bond motifs is 2. The zero-order valence-electron chi connectivity index (χ0n) is 21.7. The van der Waals surface area contributed by atoms with Crippen molar-refractivity contribution in [2.75, 3.05) is 6.54 Å². The second kappa shape index (κ2) is 10.9. The molecule has 0 saturated heterocycles. The summed E-state index contributed by atoms with van der Waals surface area (Å²) in [6.45, 7) is 6.77. The fraction of sp³-hybridized carbons (Fsp3) is 0.310. The number of furan rings is 1. The number of carbonyl (C=O) groups is 3. The molecule has 2 unspecified atom stereocenters. The number of carboxylic acid groups (broad SMARTS) is 1. The average Bonchev–Trinajstić information content (AvgIpc) is 3.21. The lowest BCUT2D eigenvalue weighted by atomic mass is 9.98. The van der Waals surface area contributed by atoms with Crippen molar-refractivity contribution in [2.24, 2.45) is 5.92 Å². The maximum atomic E-state index is 12.8. The highest BCUT2D eigenvalue weighted by Crippen LogP contribution is 2.37. The predicted octanol–water partition coefficient (Wildman–Crippen LogP) is 4.10. The summed E-state index contributed by atoms with van der Waals surface area (Å²) < 4.78 is 11.5. The normalized spacial score (nSPS) is 12.8. The molecule has 0 aliphatic carbocycles. The van der Waals surface area contributed by atoms with Crippen LogP contribution in [0.25, 0.3) is 33.1 Å². The van der Waals surface area contributed by atoms with Crippen LogP contribution in [0, 0.1) is 19.8 Å². The molecule has 9 nitrogen and oxygen atoms in total. The van der Waals surface area contributed by atoms with Gasteiger partial charge in [0.25, 0.3) is 0 Å². The van der Waals surface area contributed by atoms with Crippen molar-refractivity contribution in [2.45, 2.75) is 46.6 Å². The van der Waals surface area contributed by atoms with E-state index in [2.05, 4.69) is 10.6 Å². The first-order chi connectivity index (χ1) is 18.1. The minimum atomic E-state index is -1.14. The predicted molar refractivity (Wildman–Crippen MR) is 143 cm³/mol. The Morgan fingerprint density at radius 1 is 0.974 bits per heavy atom. The van der Waals surface area contributed by atoms with E-state index in [1.54, 1.807) is 19.9 Å². The molecular weight excluding hydrogens is 488 g/mol. The molecule has 0 fully saturated rings. The lowest BCUT2D eigenvalue weighted by Gasteiger charge is -2.20. The Morgan fingerprint density at radius 2 is 1.66 bits per heavy atom. The number of hydrogen-bond acceptors (Lipinski definition) is 6. The highest BCUT2D eigenvalue weighted by Gasteiger charge is 2.25. The Hall–Kier alpha value is -4.40. The van der Waals surface area contributed by atoms with E-state index >= 15 is 0 Å². The van der Waals surface area contributed by atoms with Gasteiger partial charge >= 0.3 is 11.6 Å². The number of benzene rings is 2. The maximum Gasteiger partial charge on any atom is 0.340 e. The molecule has 4 rings (SSSR count). The van der Waals surface area contributed by atoms with E-state index in [0.29, 0.717) is 28.5 Å². The molecule has 9 heteroatoms. The van der Waals surface area contributed by atoms with Gasteiger partial charge in [0.1, 0.15) is 23.0 Å². The van der Waals surface area contributed by atoms with Gasteiger partial charge in [0.2, 0.25) is 11.8 Å². The molecule has 0 saturated carbocycles. The van der Waals surface area contributed by atoms with E-state index < -0.39 is 36.0 Å². The van der Waals surface area contributed by atoms with Crippen molar-refractivity contribution in [1.29, 1.82) is 0 Å². The molecule has 2 aromatic carbocycles. The molecule has 2 heterocycles. The minimum Gasteiger partial charge on any atom is -0.480 e. The molecule has 0 spiro atoms. The standard InChI is InChI=1S/C29H30N2O7/c1-5-15(2)27(28(34)35)31-25(33)14-30-24(32)12-20-16(3)19-11-21-23(13-22(19)38-29(20)36)37-17(4)26(21)18-9-7-6-8-10-18/h6-11,13,15,27H,5,12,14H2,1-4H3,(H,30,32)(H,31,33)(H,34,35). The molecule has 4 aromatic rings. The smallest absolute Gasteiger partial charge is 0.340 e. The van der Waals surface area contributed by atoms with Gasteiger partial charge in [-0.15, -0.1) is 0 Å². The van der Waals surface area contributed by atoms with Crippen LogP contribution in [-0.4, -0.2) is 35.5 Å². The number of rotatable bonds is 9. The zero-order chi connectivity index (χ0) is 27.6. The molecule has 0 aliphatic heterocycles. The van der Waals surface area contributed by atoms with Gasteiger partial charge in [-0.05, 0) is 37.0 Å². The molecule has 198 valence electrons. The zero-order valence-corrected chi connectivity index (χ0v) is 21.7. The third-order valence-corrected chi connectivity index (χ3v) is 6.91. The summed E-state index contributed by atoms with van der Waals surface area (Å²) in [6, 6.07) is 12.3. The van der Waals surface area contributed by atoms with Crippen LogP contribution < -0.4 is 16.3 Å². The quantitative estimate of drug-likeness (QED) is 0.284. The first kappa shape index (κ1) is 26.7. The molecule has 0 radical (unpaired) electrons. The Bertz CT molecular complexity index is 1580. The van der Waals surface area contributed by atoms with Crippen molar-refractivity contribution in [1.82, 2.24) is 10.6 Å². The van der Waals surface area contributed by atoms with Crippen LogP contribution in [0.1, 0.15) is 37.2 Å². The molecule has 0 aliphatic rings. The maximum absolute atomic E-state index is 12.8. The molecule has 2 amide bonds. The van der Waals surface area contributed by atoms with Crippen LogP contribution in [0.3, 0.4) is 0 Å². The largest absolute Gasteiger partial charge is 0.480 e. The lowest BCUT2D eigenvalue weighted by molar-refractivity contribution is -0.143. The first-order valence-electron chi connectivity index (χ1n) is 12.4. The number of carboxylic acids is 1. The number of aryl methyl sites for hydroxylation is 2. The van der Waals surface area contributed by atoms with Gasteiger partial charge < -0.3 is 24.6 Å². The highest BCUT2D eigenvalue weighted by molar-refractivity contribution is 6.03. The molecule has 0 bridgehead atoms. The fourth-order valence-corrected chi connectivity index (χ4v) is 4.58. The summed E-state index contributed by atoms with van der Waals surface area (Å²) in [5.41, 5.74) is 3.00. The molecule has 2 aromatic heterocycles. The van der Waals surface area contributed by atoms with Crippen molar-refractivity contribution >= 4 is 39.7 Å². The van der Waals surface area contributed by atoms with Crippen LogP contribution in [0.15, 0.2) is 56.1 Å². The summed E-state index contributed by atoms with van der Waals surface area (Å²) in [7, 11) is 0. The van der Waals surface area contributed by atoms with Crippen molar-refractivity contribution in [3.63, 3.8) is 0 Å². The summed E-state index contributed by atoms with van der Waals surface area (Å²) in [6.07, 6.45) is 0.275. The first-order valence-corrected chi connectivity index (χ1v) is 12.4. The van der Waals surface area contributed by atoms with Crippen LogP contribution in [0.2, 0.25) is 0 Å². The fourth-order valence-electron chi connectivity index (χ4n) is 4.58. The number of hydrogen-bond donors (Lipinski definition) is 3. The topological polar surface area (TPSA) is 139 Å². The number of nitrogens with one attached hydrogen (secondary N) is 2. The average molecular weight is 519 g/mol. The van der Waals surface area contributed by atoms with Crippen LogP contribution in [-0.2, 0) is 20.8 Å². The Balaban J connectivity index is 1.57. The van der Waals surface area contributed by atoms with Crippen LogP contribution in [0.4, 0.5) is 0 Å². The second-order valence-electron chi connectivity index (χ2n) is 9.46. The summed E-state index contributed by atoms with van der Waals surface area (Å²) >= 11 is 0. The van der Waals surface area contributed by atoms with Crippen LogP contribution in [0.5, 0.6) is 0 Å². The molecule has 38 heavy (non-hydrogen) atoms. The van der Waals surface area contributed by atoms with E-state index in [4.69, 9.17) is 8.83 Å². The summed E-state index contributed by atoms with van der Waals surface area (Å²) in [5.74, 6) is -1.86. The Kier molecular flexibility index (Phi) is 7.66. The van der Waals surface area contributed by atoms with Crippen molar-refractivity contribution in [3.8, 4) is 11.1 Å². The van der Waals surface area contributed by atoms with Gasteiger partial charge in [-0.2, -0.15) is 0 Å². The SMILES string of the molecule is CCC(C)C(NC(=O)CNC(=O)Cc1c(C)c2cc3c(-c4ccccc4)c(C)oc3cc2oc1=O)C(=O)O. The van der Waals surface area contributed by atoms with E-state index in [9.17, 15) is 24.3 Å². The number of aliphatic carboxylic acids is 1. The Labute approximate surface area is 218 Å². The monoisotopic (exact) mass is 518 g/mol. The van der Waals surface area contributed by atoms with Gasteiger partial charge in [0.05, 0.1) is 18.5 Å². The van der Waals surface area contributed by atoms with Crippen LogP contribution >= 0.6 is 0 Å². The second-order valence-corrected chi connectivity index (χ2v) is 9.46. The van der Waals surface area contributed by atoms with Crippen molar-refractivity contribution < 1.29 is 28.3 Å². The van der Waals surface area contributed by atoms with Gasteiger partial charge in [-0.1, -0.05) is 50.6 Å². The van der Waals surface area contributed by atoms with Gasteiger partial charge in [0, 0.05) is 22.4 Å². The molecular formula is C29H30N2O7. The van der Waals surface area contributed by atoms with E-state index in [0.717, 1.165) is 22.3 Å². The van der Waals surface area contributed by atoms with Gasteiger partial charge in [-0.3, -0.25) is 9.59 Å². The third kappa shape index (κ3) is 5.32. The van der Waals surface area contributed by atoms with Crippen molar-refractivity contribution in [3.05, 3.63) is 69.8 Å². The number of carbonyl (C=O) groups excluding carboxylic acids is 2. The molecule has 3 N–H and O–H groups in total. The molecule has 2 atom stereocenters. The van der Waals surface area contributed by atoms with Gasteiger partial charge in [0.15, 0.2) is 0 Å². The van der Waals surface area contributed by atoms with Gasteiger partial charge in [-0.25, -0.2) is 9.59 Å². The van der Waals surface area contributed by atoms with E-state index in [-0.39, 0.29) is 17.9 Å². The highest BCUT2D eigenvalue weighted by atomic mass is 16.4. The van der Waals surface area contributed by atoms with E-state index in [1.807, 2.05) is 50.2 Å². The third-order valence-electron chi connectivity index (χ3n) is 6.91. The Morgan fingerprint density at radius 3 is 2.32 bits per heavy atom. The lowest BCUT2D eigenvalue weighted by Crippen LogP contribution is -2.48. The minimum absolute atomic E-state index is 0.180.